The second kappa shape index (κ2) is 31.8. The molecule has 30 heteroatoms. The van der Waals surface area contributed by atoms with Gasteiger partial charge in [-0.3, -0.25) is 52.7 Å². The van der Waals surface area contributed by atoms with Crippen molar-refractivity contribution in [3.8, 4) is 0 Å². The van der Waals surface area contributed by atoms with Crippen molar-refractivity contribution in [2.24, 2.45) is 17.6 Å². The van der Waals surface area contributed by atoms with Crippen molar-refractivity contribution >= 4 is 82.8 Å². The van der Waals surface area contributed by atoms with Gasteiger partial charge in [-0.25, -0.2) is 4.79 Å². The average Bonchev–Trinajstić information content (AvgIpc) is 3.28. The fourth-order valence-electron chi connectivity index (χ4n) is 5.73. The third-order valence-electron chi connectivity index (χ3n) is 9.96. The van der Waals surface area contributed by atoms with Crippen LogP contribution in [-0.2, 0) is 57.5 Å². The number of rotatable bonds is 33. The first-order valence-electron chi connectivity index (χ1n) is 21.3. The fraction of sp³-hybridized carbons (Fsp3) is 0.692. The summed E-state index contributed by atoms with van der Waals surface area (Å²) < 4.78 is 0. The number of carboxylic acid groups (broad SMARTS) is 3. The molecule has 0 aliphatic carbocycles. The number of carboxylic acids is 3. The van der Waals surface area contributed by atoms with Gasteiger partial charge in [0.05, 0.1) is 45.3 Å². The normalized spacial score (nSPS) is 15.8. The maximum Gasteiger partial charge on any atom is 0.326 e. The summed E-state index contributed by atoms with van der Waals surface area (Å²) in [5, 5.41) is 86.5. The van der Waals surface area contributed by atoms with Crippen LogP contribution in [-0.4, -0.2) is 206 Å². The van der Waals surface area contributed by atoms with Crippen LogP contribution in [0.25, 0.3) is 0 Å². The molecule has 0 aromatic heterocycles. The smallest absolute Gasteiger partial charge is 0.326 e. The Kier molecular flexibility index (Phi) is 28.9. The van der Waals surface area contributed by atoms with E-state index in [0.717, 1.165) is 6.92 Å². The molecule has 11 atom stereocenters. The van der Waals surface area contributed by atoms with Gasteiger partial charge in [-0.15, -0.1) is 0 Å². The van der Waals surface area contributed by atoms with Gasteiger partial charge in [-0.2, -0.15) is 11.8 Å². The second-order valence-electron chi connectivity index (χ2n) is 15.9. The number of aliphatic hydroxyl groups is 4. The van der Waals surface area contributed by atoms with Gasteiger partial charge in [0.2, 0.25) is 53.2 Å². The van der Waals surface area contributed by atoms with Gasteiger partial charge in [0.25, 0.3) is 0 Å². The molecule has 0 bridgehead atoms. The third kappa shape index (κ3) is 22.6. The van der Waals surface area contributed by atoms with E-state index in [1.54, 1.807) is 13.2 Å². The van der Waals surface area contributed by atoms with Crippen molar-refractivity contribution in [1.29, 1.82) is 0 Å². The highest BCUT2D eigenvalue weighted by molar-refractivity contribution is 7.98. The maximum absolute atomic E-state index is 13.7. The lowest BCUT2D eigenvalue weighted by Crippen LogP contribution is -2.61. The molecule has 9 amide bonds. The molecule has 0 rings (SSSR count). The first-order valence-corrected chi connectivity index (χ1v) is 22.7. The van der Waals surface area contributed by atoms with Gasteiger partial charge in [0.15, 0.2) is 0 Å². The summed E-state index contributed by atoms with van der Waals surface area (Å²) in [4.78, 5) is 152. The van der Waals surface area contributed by atoms with Gasteiger partial charge in [-0.05, 0) is 37.2 Å². The summed E-state index contributed by atoms with van der Waals surface area (Å²) in [6.07, 6.45) is -1.91. The van der Waals surface area contributed by atoms with Crippen molar-refractivity contribution in [2.45, 2.75) is 121 Å². The summed E-state index contributed by atoms with van der Waals surface area (Å²) in [5.74, 6) is -16.0. The van der Waals surface area contributed by atoms with Crippen molar-refractivity contribution in [2.75, 3.05) is 38.4 Å². The molecule has 0 aromatic rings. The maximum atomic E-state index is 13.7. The highest BCUT2D eigenvalue weighted by atomic mass is 32.2. The molecule has 0 aromatic carbocycles. The molecule has 0 fully saturated rings. The van der Waals surface area contributed by atoms with Gasteiger partial charge in [0.1, 0.15) is 54.4 Å². The Hall–Kier alpha value is -6.21. The van der Waals surface area contributed by atoms with E-state index in [9.17, 15) is 83.1 Å². The molecule has 0 saturated carbocycles. The number of nitrogens with one attached hydrogen (secondary N) is 9. The minimum atomic E-state index is -1.90. The van der Waals surface area contributed by atoms with Crippen molar-refractivity contribution in [1.82, 2.24) is 47.9 Å². The van der Waals surface area contributed by atoms with E-state index in [4.69, 9.17) is 15.9 Å². The predicted octanol–water partition coefficient (Wildman–Crippen LogP) is -7.84. The van der Waals surface area contributed by atoms with Crippen LogP contribution in [0.3, 0.4) is 0 Å². The Balaban J connectivity index is 6.12. The van der Waals surface area contributed by atoms with E-state index in [-0.39, 0.29) is 18.6 Å². The molecule has 29 nitrogen and oxygen atoms in total. The number of amides is 9. The molecule has 0 aliphatic heterocycles. The number of hydrogen-bond donors (Lipinski definition) is 17. The van der Waals surface area contributed by atoms with Crippen molar-refractivity contribution < 1.29 is 93.3 Å². The lowest BCUT2D eigenvalue weighted by Gasteiger charge is -2.29. The van der Waals surface area contributed by atoms with Crippen LogP contribution in [0.2, 0.25) is 0 Å². The third-order valence-corrected chi connectivity index (χ3v) is 10.6. The summed E-state index contributed by atoms with van der Waals surface area (Å²) in [6, 6.07) is -14.9. The van der Waals surface area contributed by atoms with Crippen LogP contribution < -0.4 is 53.6 Å². The molecule has 0 aliphatic rings. The number of carbonyl (C=O) groups is 12. The van der Waals surface area contributed by atoms with Crippen molar-refractivity contribution in [3.63, 3.8) is 0 Å². The Morgan fingerprint density at radius 3 is 1.42 bits per heavy atom. The quantitative estimate of drug-likeness (QED) is 0.0290. The van der Waals surface area contributed by atoms with E-state index >= 15 is 0 Å². The topological polar surface area (TPSA) is 481 Å². The lowest BCUT2D eigenvalue weighted by atomic mass is 9.97. The van der Waals surface area contributed by atoms with Crippen molar-refractivity contribution in [3.05, 3.63) is 0 Å². The molecule has 0 spiro atoms. The minimum Gasteiger partial charge on any atom is -0.481 e. The van der Waals surface area contributed by atoms with Crippen LogP contribution in [0, 0.1) is 11.8 Å². The number of thioether (sulfide) groups is 1. The molecule has 18 N–H and O–H groups in total. The minimum absolute atomic E-state index is 0.106. The zero-order valence-electron chi connectivity index (χ0n) is 38.8. The highest BCUT2D eigenvalue weighted by Gasteiger charge is 2.37. The van der Waals surface area contributed by atoms with Crippen LogP contribution in [0.4, 0.5) is 0 Å². The molecule has 0 radical (unpaired) electrons. The van der Waals surface area contributed by atoms with E-state index < -0.39 is 183 Å². The zero-order chi connectivity index (χ0) is 53.3. The standard InChI is InChI=1S/C39H66N10O19S/c1-7-17(4)29(48-34(62)23(14-51)42-25(54)12-41-36(64)30(18(5)53)49-35(63)24(15-52)46-31(59)19(40)13-50)38(66)44-21(10-26(55)56)33(61)43-20(8-9-69-6)32(60)47-28(16(2)3)37(65)45-22(39(67)68)11-27(57)58/h16-24,28-30,50-53H,7-15,40H2,1-6H3,(H,41,64)(H,42,54)(H,43,61)(H,44,66)(H,45,65)(H,46,59)(H,47,60)(H,48,62)(H,49,63)(H,55,56)(H,57,58)(H,67,68)/t17-,18+,19-,20-,21-,22-,23-,24-,28-,29-,30-/m0/s1. The first kappa shape index (κ1) is 62.8. The Bertz CT molecular complexity index is 1820. The van der Waals surface area contributed by atoms with E-state index in [1.807, 2.05) is 5.32 Å². The Labute approximate surface area is 400 Å². The molecule has 392 valence electrons. The zero-order valence-corrected chi connectivity index (χ0v) is 39.6. The molecular formula is C39H66N10O19S. The fourth-order valence-corrected chi connectivity index (χ4v) is 6.21. The average molecular weight is 1010 g/mol. The number of nitrogens with two attached hydrogens (primary N) is 1. The van der Waals surface area contributed by atoms with E-state index in [0.29, 0.717) is 0 Å². The number of aliphatic carboxylic acids is 3. The summed E-state index contributed by atoms with van der Waals surface area (Å²) in [5.41, 5.74) is 5.38. The van der Waals surface area contributed by atoms with Gasteiger partial charge in [-0.1, -0.05) is 34.1 Å². The van der Waals surface area contributed by atoms with Crippen LogP contribution >= 0.6 is 11.8 Å². The monoisotopic (exact) mass is 1010 g/mol. The summed E-state index contributed by atoms with van der Waals surface area (Å²) in [7, 11) is 0. The summed E-state index contributed by atoms with van der Waals surface area (Å²) in [6.45, 7) is 3.36. The molecular weight excluding hydrogens is 945 g/mol. The largest absolute Gasteiger partial charge is 0.481 e. The SMILES string of the molecule is CC[C@H](C)[C@H](NC(=O)[C@H](CO)NC(=O)CNC(=O)[C@@H](NC(=O)[C@H](CO)NC(=O)[C@@H](N)CO)[C@@H](C)O)C(=O)N[C@@H](CC(=O)O)C(=O)N[C@@H](CCSC)C(=O)N[C@H](C(=O)N[C@@H](CC(=O)O)C(=O)O)C(C)C. The predicted molar refractivity (Wildman–Crippen MR) is 239 cm³/mol. The van der Waals surface area contributed by atoms with E-state index in [2.05, 4.69) is 42.5 Å². The van der Waals surface area contributed by atoms with Crippen LogP contribution in [0.5, 0.6) is 0 Å². The molecule has 69 heavy (non-hydrogen) atoms. The van der Waals surface area contributed by atoms with Gasteiger partial charge >= 0.3 is 17.9 Å². The number of aliphatic hydroxyl groups excluding tert-OH is 4. The molecule has 0 saturated heterocycles. The van der Waals surface area contributed by atoms with Gasteiger partial charge in [0, 0.05) is 0 Å². The van der Waals surface area contributed by atoms with Crippen LogP contribution in [0.15, 0.2) is 0 Å². The highest BCUT2D eigenvalue weighted by Crippen LogP contribution is 2.11. The van der Waals surface area contributed by atoms with Gasteiger partial charge < -0.3 is 89.3 Å². The van der Waals surface area contributed by atoms with Crippen LogP contribution in [0.1, 0.15) is 60.3 Å². The number of carbonyl (C=O) groups excluding carboxylic acids is 9. The number of hydrogen-bond acceptors (Lipinski definition) is 18. The molecule has 0 heterocycles. The Morgan fingerprint density at radius 1 is 0.522 bits per heavy atom. The Morgan fingerprint density at radius 2 is 0.957 bits per heavy atom. The van der Waals surface area contributed by atoms with E-state index in [1.165, 1.54) is 32.5 Å². The summed E-state index contributed by atoms with van der Waals surface area (Å²) >= 11 is 1.24. The molecule has 0 unspecified atom stereocenters. The second-order valence-corrected chi connectivity index (χ2v) is 16.9. The first-order chi connectivity index (χ1) is 32.2. The lowest BCUT2D eigenvalue weighted by molar-refractivity contribution is -0.147.